The standard InChI is InChI=1S/C14H12N2O4/c1-19-13(17)5-3-4-9-6-10(14(18)20-2)11-8-15-16-12(11)7-9/h6-8H,5H2,1-2H3,(H,15,16). The monoisotopic (exact) mass is 272 g/mol. The number of nitrogens with one attached hydrogen (secondary N) is 1. The van der Waals surface area contributed by atoms with Crippen LogP contribution < -0.4 is 0 Å². The molecule has 2 aromatic rings. The first-order valence-corrected chi connectivity index (χ1v) is 5.77. The van der Waals surface area contributed by atoms with E-state index in [1.54, 1.807) is 18.3 Å². The zero-order chi connectivity index (χ0) is 14.5. The summed E-state index contributed by atoms with van der Waals surface area (Å²) in [6.45, 7) is 0. The van der Waals surface area contributed by atoms with Crippen molar-refractivity contribution in [2.24, 2.45) is 0 Å². The Kier molecular flexibility index (Phi) is 4.01. The van der Waals surface area contributed by atoms with E-state index in [0.717, 1.165) is 0 Å². The van der Waals surface area contributed by atoms with Crippen molar-refractivity contribution < 1.29 is 19.1 Å². The summed E-state index contributed by atoms with van der Waals surface area (Å²) in [6.07, 6.45) is 1.54. The molecule has 0 aliphatic carbocycles. The minimum Gasteiger partial charge on any atom is -0.468 e. The van der Waals surface area contributed by atoms with Crippen molar-refractivity contribution in [3.05, 3.63) is 29.5 Å². The second-order valence-corrected chi connectivity index (χ2v) is 3.90. The summed E-state index contributed by atoms with van der Waals surface area (Å²) in [7, 11) is 2.61. The van der Waals surface area contributed by atoms with Crippen molar-refractivity contribution in [3.8, 4) is 11.8 Å². The Bertz CT molecular complexity index is 722. The summed E-state index contributed by atoms with van der Waals surface area (Å²) in [4.78, 5) is 22.7. The molecule has 0 amide bonds. The number of nitrogens with zero attached hydrogens (tertiary/aromatic N) is 1. The Hall–Kier alpha value is -2.81. The highest BCUT2D eigenvalue weighted by molar-refractivity contribution is 6.03. The second kappa shape index (κ2) is 5.89. The zero-order valence-electron chi connectivity index (χ0n) is 11.0. The number of methoxy groups -OCH3 is 2. The normalized spacial score (nSPS) is 9.70. The molecule has 1 aromatic heterocycles. The molecule has 1 heterocycles. The quantitative estimate of drug-likeness (QED) is 0.657. The highest BCUT2D eigenvalue weighted by Gasteiger charge is 2.12. The SMILES string of the molecule is COC(=O)CC#Cc1cc(C(=O)OC)c2cn[nH]c2c1. The largest absolute Gasteiger partial charge is 0.468 e. The molecule has 1 aromatic carbocycles. The van der Waals surface area contributed by atoms with Crippen LogP contribution in [0.2, 0.25) is 0 Å². The molecule has 1 N–H and O–H groups in total. The van der Waals surface area contributed by atoms with Gasteiger partial charge in [-0.3, -0.25) is 9.89 Å². The van der Waals surface area contributed by atoms with Crippen molar-refractivity contribution in [1.82, 2.24) is 10.2 Å². The maximum Gasteiger partial charge on any atom is 0.338 e. The molecule has 6 nitrogen and oxygen atoms in total. The van der Waals surface area contributed by atoms with Gasteiger partial charge < -0.3 is 9.47 Å². The van der Waals surface area contributed by atoms with Gasteiger partial charge in [0.15, 0.2) is 0 Å². The van der Waals surface area contributed by atoms with E-state index in [2.05, 4.69) is 26.8 Å². The van der Waals surface area contributed by atoms with E-state index >= 15 is 0 Å². The molecule has 102 valence electrons. The van der Waals surface area contributed by atoms with Crippen LogP contribution >= 0.6 is 0 Å². The summed E-state index contributed by atoms with van der Waals surface area (Å²) in [5.74, 6) is 4.61. The van der Waals surface area contributed by atoms with Crippen LogP contribution in [0.5, 0.6) is 0 Å². The number of benzene rings is 1. The molecule has 0 aliphatic heterocycles. The predicted octanol–water partition coefficient (Wildman–Crippen LogP) is 1.26. The van der Waals surface area contributed by atoms with Gasteiger partial charge in [0.05, 0.1) is 31.5 Å². The number of fused-ring (bicyclic) bond motifs is 1. The highest BCUT2D eigenvalue weighted by Crippen LogP contribution is 2.19. The van der Waals surface area contributed by atoms with Gasteiger partial charge in [-0.1, -0.05) is 11.8 Å². The number of hydrogen-bond donors (Lipinski definition) is 1. The third-order valence-corrected chi connectivity index (χ3v) is 2.66. The van der Waals surface area contributed by atoms with Gasteiger partial charge in [-0.15, -0.1) is 0 Å². The van der Waals surface area contributed by atoms with Crippen molar-refractivity contribution in [2.45, 2.75) is 6.42 Å². The van der Waals surface area contributed by atoms with Crippen LogP contribution in [-0.2, 0) is 14.3 Å². The lowest BCUT2D eigenvalue weighted by Gasteiger charge is -2.01. The Labute approximate surface area is 115 Å². The van der Waals surface area contributed by atoms with Gasteiger partial charge in [-0.05, 0) is 12.1 Å². The Balaban J connectivity index is 2.39. The predicted molar refractivity (Wildman–Crippen MR) is 70.9 cm³/mol. The van der Waals surface area contributed by atoms with E-state index in [9.17, 15) is 9.59 Å². The number of hydrogen-bond acceptors (Lipinski definition) is 5. The fraction of sp³-hybridized carbons (Fsp3) is 0.214. The van der Waals surface area contributed by atoms with Gasteiger partial charge in [-0.25, -0.2) is 4.79 Å². The molecule has 0 aliphatic rings. The van der Waals surface area contributed by atoms with E-state index < -0.39 is 11.9 Å². The fourth-order valence-corrected chi connectivity index (χ4v) is 1.69. The van der Waals surface area contributed by atoms with Gasteiger partial charge >= 0.3 is 11.9 Å². The van der Waals surface area contributed by atoms with Crippen LogP contribution in [0.4, 0.5) is 0 Å². The van der Waals surface area contributed by atoms with Crippen LogP contribution in [0, 0.1) is 11.8 Å². The molecule has 0 atom stereocenters. The molecule has 2 rings (SSSR count). The number of aromatic amines is 1. The summed E-state index contributed by atoms with van der Waals surface area (Å²) < 4.78 is 9.22. The minimum absolute atomic E-state index is 0.00886. The van der Waals surface area contributed by atoms with E-state index in [4.69, 9.17) is 4.74 Å². The van der Waals surface area contributed by atoms with Gasteiger partial charge in [0, 0.05) is 10.9 Å². The molecule has 0 radical (unpaired) electrons. The first-order chi connectivity index (χ1) is 9.65. The van der Waals surface area contributed by atoms with E-state index in [1.807, 2.05) is 0 Å². The lowest BCUT2D eigenvalue weighted by atomic mass is 10.1. The highest BCUT2D eigenvalue weighted by atomic mass is 16.5. The van der Waals surface area contributed by atoms with Gasteiger partial charge in [-0.2, -0.15) is 5.10 Å². The summed E-state index contributed by atoms with van der Waals surface area (Å²) >= 11 is 0. The average molecular weight is 272 g/mol. The first-order valence-electron chi connectivity index (χ1n) is 5.77. The van der Waals surface area contributed by atoms with Crippen LogP contribution in [-0.4, -0.2) is 36.4 Å². The number of esters is 2. The van der Waals surface area contributed by atoms with E-state index in [0.29, 0.717) is 22.0 Å². The summed E-state index contributed by atoms with van der Waals surface area (Å²) in [6, 6.07) is 3.35. The Morgan fingerprint density at radius 2 is 2.10 bits per heavy atom. The van der Waals surface area contributed by atoms with E-state index in [-0.39, 0.29) is 6.42 Å². The number of H-pyrrole nitrogens is 1. The molecule has 0 saturated carbocycles. The van der Waals surface area contributed by atoms with Crippen molar-refractivity contribution in [2.75, 3.05) is 14.2 Å². The van der Waals surface area contributed by atoms with E-state index in [1.165, 1.54) is 14.2 Å². The topological polar surface area (TPSA) is 81.3 Å². The fourth-order valence-electron chi connectivity index (χ4n) is 1.69. The molecule has 20 heavy (non-hydrogen) atoms. The van der Waals surface area contributed by atoms with Crippen LogP contribution in [0.25, 0.3) is 10.9 Å². The molecular weight excluding hydrogens is 260 g/mol. The third-order valence-electron chi connectivity index (χ3n) is 2.66. The van der Waals surface area contributed by atoms with Crippen LogP contribution in [0.3, 0.4) is 0 Å². The lowest BCUT2D eigenvalue weighted by molar-refractivity contribution is -0.139. The van der Waals surface area contributed by atoms with Gasteiger partial charge in [0.2, 0.25) is 0 Å². The Morgan fingerprint density at radius 1 is 1.30 bits per heavy atom. The second-order valence-electron chi connectivity index (χ2n) is 3.90. The molecule has 0 fully saturated rings. The Morgan fingerprint density at radius 3 is 2.80 bits per heavy atom. The van der Waals surface area contributed by atoms with Crippen molar-refractivity contribution in [1.29, 1.82) is 0 Å². The zero-order valence-corrected chi connectivity index (χ0v) is 11.0. The van der Waals surface area contributed by atoms with Crippen molar-refractivity contribution in [3.63, 3.8) is 0 Å². The average Bonchev–Trinajstić information content (AvgIpc) is 2.93. The lowest BCUT2D eigenvalue weighted by Crippen LogP contribution is -2.02. The van der Waals surface area contributed by atoms with Crippen LogP contribution in [0.1, 0.15) is 22.3 Å². The molecule has 0 saturated heterocycles. The van der Waals surface area contributed by atoms with Gasteiger partial charge in [0.1, 0.15) is 6.42 Å². The number of aromatic nitrogens is 2. The smallest absolute Gasteiger partial charge is 0.338 e. The maximum absolute atomic E-state index is 11.7. The number of ether oxygens (including phenoxy) is 2. The maximum atomic E-state index is 11.7. The minimum atomic E-state index is -0.465. The molecular formula is C14H12N2O4. The summed E-state index contributed by atoms with van der Waals surface area (Å²) in [5, 5.41) is 7.32. The van der Waals surface area contributed by atoms with Crippen molar-refractivity contribution >= 4 is 22.8 Å². The number of rotatable bonds is 2. The summed E-state index contributed by atoms with van der Waals surface area (Å²) in [5.41, 5.74) is 1.64. The molecule has 0 spiro atoms. The van der Waals surface area contributed by atoms with Gasteiger partial charge in [0.25, 0.3) is 0 Å². The molecule has 6 heteroatoms. The van der Waals surface area contributed by atoms with Crippen LogP contribution in [0.15, 0.2) is 18.3 Å². The molecule has 0 unspecified atom stereocenters. The number of carbonyl (C=O) groups excluding carboxylic acids is 2. The first kappa shape index (κ1) is 13.6. The number of carbonyl (C=O) groups is 2. The molecule has 0 bridgehead atoms. The third kappa shape index (κ3) is 2.78.